The van der Waals surface area contributed by atoms with E-state index >= 15 is 0 Å². The van der Waals surface area contributed by atoms with Crippen LogP contribution in [0.2, 0.25) is 0 Å². The quantitative estimate of drug-likeness (QED) is 0.194. The first-order valence-corrected chi connectivity index (χ1v) is 12.3. The van der Waals surface area contributed by atoms with Crippen LogP contribution in [0.4, 0.5) is 0 Å². The summed E-state index contributed by atoms with van der Waals surface area (Å²) < 4.78 is 0. The monoisotopic (exact) mass is 368 g/mol. The lowest BCUT2D eigenvalue weighted by molar-refractivity contribution is 0.495. The summed E-state index contributed by atoms with van der Waals surface area (Å²) in [6, 6.07) is 0.389. The zero-order chi connectivity index (χ0) is 19.1. The van der Waals surface area contributed by atoms with Crippen molar-refractivity contribution >= 4 is 0 Å². The maximum atomic E-state index is 6.08. The summed E-state index contributed by atoms with van der Waals surface area (Å²) in [6.07, 6.45) is 29.3. The topological polar surface area (TPSA) is 52.0 Å². The fourth-order valence-corrected chi connectivity index (χ4v) is 3.83. The number of hydrogen-bond acceptors (Lipinski definition) is 2. The third-order valence-electron chi connectivity index (χ3n) is 5.71. The lowest BCUT2D eigenvalue weighted by Crippen LogP contribution is -2.20. The van der Waals surface area contributed by atoms with Crippen LogP contribution in [0.15, 0.2) is 0 Å². The van der Waals surface area contributed by atoms with E-state index < -0.39 is 0 Å². The molecule has 0 radical (unpaired) electrons. The highest BCUT2D eigenvalue weighted by Gasteiger charge is 2.01. The van der Waals surface area contributed by atoms with Gasteiger partial charge in [0.15, 0.2) is 0 Å². The zero-order valence-electron chi connectivity index (χ0n) is 18.3. The molecule has 0 amide bonds. The zero-order valence-corrected chi connectivity index (χ0v) is 18.3. The van der Waals surface area contributed by atoms with Gasteiger partial charge in [0.05, 0.1) is 0 Å². The molecule has 158 valence electrons. The van der Waals surface area contributed by atoms with Crippen LogP contribution >= 0.6 is 0 Å². The Bertz CT molecular complexity index is 242. The molecule has 0 aliphatic heterocycles. The normalized spacial score (nSPS) is 12.6. The van der Waals surface area contributed by atoms with Crippen LogP contribution in [0.1, 0.15) is 142 Å². The molecular weight excluding hydrogens is 316 g/mol. The third kappa shape index (κ3) is 22.0. The standard InChI is InChI=1S/C24H52N2/c1-2-3-4-5-6-7-8-9-10-11-12-13-14-15-16-17-18-19-21-24(26)22-20-23-25/h24H,2-23,25-26H2,1H3. The largest absolute Gasteiger partial charge is 0.330 e. The summed E-state index contributed by atoms with van der Waals surface area (Å²) in [5.74, 6) is 0. The van der Waals surface area contributed by atoms with Crippen molar-refractivity contribution in [1.82, 2.24) is 0 Å². The summed E-state index contributed by atoms with van der Waals surface area (Å²) in [5, 5.41) is 0. The molecule has 0 saturated carbocycles. The van der Waals surface area contributed by atoms with Crippen molar-refractivity contribution in [3.05, 3.63) is 0 Å². The molecule has 0 aromatic carbocycles. The van der Waals surface area contributed by atoms with Crippen LogP contribution < -0.4 is 11.5 Å². The molecule has 0 aromatic heterocycles. The Kier molecular flexibility index (Phi) is 22.9. The molecule has 0 spiro atoms. The van der Waals surface area contributed by atoms with Crippen molar-refractivity contribution in [3.63, 3.8) is 0 Å². The first kappa shape index (κ1) is 25.9. The van der Waals surface area contributed by atoms with Crippen LogP contribution in [0.25, 0.3) is 0 Å². The number of rotatable bonds is 22. The van der Waals surface area contributed by atoms with E-state index in [1.54, 1.807) is 0 Å². The molecule has 0 aromatic rings. The maximum Gasteiger partial charge on any atom is 0.00392 e. The van der Waals surface area contributed by atoms with E-state index in [9.17, 15) is 0 Å². The van der Waals surface area contributed by atoms with Crippen LogP contribution in [0.5, 0.6) is 0 Å². The van der Waals surface area contributed by atoms with Crippen LogP contribution in [-0.4, -0.2) is 12.6 Å². The van der Waals surface area contributed by atoms with Gasteiger partial charge in [-0.3, -0.25) is 0 Å². The second kappa shape index (κ2) is 23.0. The molecule has 4 N–H and O–H groups in total. The van der Waals surface area contributed by atoms with Crippen molar-refractivity contribution in [1.29, 1.82) is 0 Å². The molecule has 0 fully saturated rings. The van der Waals surface area contributed by atoms with Crippen molar-refractivity contribution in [3.8, 4) is 0 Å². The molecule has 1 atom stereocenters. The Balaban J connectivity index is 3.03. The summed E-state index contributed by atoms with van der Waals surface area (Å²) in [5.41, 5.74) is 11.6. The molecule has 2 heteroatoms. The second-order valence-corrected chi connectivity index (χ2v) is 8.49. The minimum absolute atomic E-state index is 0.389. The number of nitrogens with two attached hydrogens (primary N) is 2. The van der Waals surface area contributed by atoms with E-state index in [-0.39, 0.29) is 0 Å². The molecule has 0 aliphatic rings. The van der Waals surface area contributed by atoms with Gasteiger partial charge >= 0.3 is 0 Å². The molecule has 0 saturated heterocycles. The third-order valence-corrected chi connectivity index (χ3v) is 5.71. The smallest absolute Gasteiger partial charge is 0.00392 e. The van der Waals surface area contributed by atoms with Gasteiger partial charge in [-0.15, -0.1) is 0 Å². The average molecular weight is 369 g/mol. The van der Waals surface area contributed by atoms with Crippen LogP contribution in [-0.2, 0) is 0 Å². The van der Waals surface area contributed by atoms with Crippen molar-refractivity contribution < 1.29 is 0 Å². The Labute approximate surface area is 166 Å². The SMILES string of the molecule is CCCCCCCCCCCCCCCCCCCCC(N)CCCN. The summed E-state index contributed by atoms with van der Waals surface area (Å²) in [6.45, 7) is 3.08. The van der Waals surface area contributed by atoms with E-state index in [1.165, 1.54) is 122 Å². The predicted molar refractivity (Wildman–Crippen MR) is 120 cm³/mol. The fraction of sp³-hybridized carbons (Fsp3) is 1.00. The fourth-order valence-electron chi connectivity index (χ4n) is 3.83. The Morgan fingerprint density at radius 2 is 0.769 bits per heavy atom. The molecule has 0 aliphatic carbocycles. The Hall–Kier alpha value is -0.0800. The lowest BCUT2D eigenvalue weighted by atomic mass is 10.0. The van der Waals surface area contributed by atoms with Gasteiger partial charge in [0.2, 0.25) is 0 Å². The molecule has 0 bridgehead atoms. The average Bonchev–Trinajstić information content (AvgIpc) is 2.65. The van der Waals surface area contributed by atoms with E-state index in [0.717, 1.165) is 19.4 Å². The summed E-state index contributed by atoms with van der Waals surface area (Å²) in [7, 11) is 0. The van der Waals surface area contributed by atoms with Gasteiger partial charge in [0.1, 0.15) is 0 Å². The van der Waals surface area contributed by atoms with E-state index in [0.29, 0.717) is 6.04 Å². The Morgan fingerprint density at radius 3 is 1.12 bits per heavy atom. The van der Waals surface area contributed by atoms with E-state index in [2.05, 4.69) is 6.92 Å². The highest BCUT2D eigenvalue weighted by atomic mass is 14.6. The van der Waals surface area contributed by atoms with Crippen molar-refractivity contribution in [2.24, 2.45) is 11.5 Å². The molecular formula is C24H52N2. The number of hydrogen-bond donors (Lipinski definition) is 2. The van der Waals surface area contributed by atoms with Gasteiger partial charge in [-0.25, -0.2) is 0 Å². The van der Waals surface area contributed by atoms with Crippen molar-refractivity contribution in [2.45, 2.75) is 148 Å². The highest BCUT2D eigenvalue weighted by Crippen LogP contribution is 2.15. The minimum atomic E-state index is 0.389. The highest BCUT2D eigenvalue weighted by molar-refractivity contribution is 4.61. The van der Waals surface area contributed by atoms with Crippen molar-refractivity contribution in [2.75, 3.05) is 6.54 Å². The molecule has 26 heavy (non-hydrogen) atoms. The van der Waals surface area contributed by atoms with Gasteiger partial charge in [-0.2, -0.15) is 0 Å². The molecule has 0 rings (SSSR count). The molecule has 2 nitrogen and oxygen atoms in total. The first-order valence-electron chi connectivity index (χ1n) is 12.3. The van der Waals surface area contributed by atoms with Gasteiger partial charge in [0.25, 0.3) is 0 Å². The summed E-state index contributed by atoms with van der Waals surface area (Å²) in [4.78, 5) is 0. The lowest BCUT2D eigenvalue weighted by Gasteiger charge is -2.10. The van der Waals surface area contributed by atoms with Gasteiger partial charge in [-0.05, 0) is 25.8 Å². The molecule has 0 heterocycles. The molecule has 1 unspecified atom stereocenters. The minimum Gasteiger partial charge on any atom is -0.330 e. The van der Waals surface area contributed by atoms with E-state index in [4.69, 9.17) is 11.5 Å². The summed E-state index contributed by atoms with van der Waals surface area (Å²) >= 11 is 0. The van der Waals surface area contributed by atoms with E-state index in [1.807, 2.05) is 0 Å². The predicted octanol–water partition coefficient (Wildman–Crippen LogP) is 7.48. The van der Waals surface area contributed by atoms with Crippen LogP contribution in [0, 0.1) is 0 Å². The van der Waals surface area contributed by atoms with Crippen LogP contribution in [0.3, 0.4) is 0 Å². The Morgan fingerprint density at radius 1 is 0.462 bits per heavy atom. The first-order chi connectivity index (χ1) is 12.8. The second-order valence-electron chi connectivity index (χ2n) is 8.49. The van der Waals surface area contributed by atoms with Gasteiger partial charge < -0.3 is 11.5 Å². The maximum absolute atomic E-state index is 6.08. The van der Waals surface area contributed by atoms with Gasteiger partial charge in [-0.1, -0.05) is 122 Å². The van der Waals surface area contributed by atoms with Gasteiger partial charge in [0, 0.05) is 6.04 Å². The number of unbranched alkanes of at least 4 members (excludes halogenated alkanes) is 17.